The van der Waals surface area contributed by atoms with Gasteiger partial charge in [-0.25, -0.2) is 14.6 Å². The van der Waals surface area contributed by atoms with Crippen molar-refractivity contribution in [2.75, 3.05) is 5.32 Å². The van der Waals surface area contributed by atoms with Crippen molar-refractivity contribution in [1.29, 1.82) is 0 Å². The number of hydrogen-bond acceptors (Lipinski definition) is 6. The summed E-state index contributed by atoms with van der Waals surface area (Å²) in [7, 11) is 0. The summed E-state index contributed by atoms with van der Waals surface area (Å²) in [5, 5.41) is 13.0. The van der Waals surface area contributed by atoms with Gasteiger partial charge in [0.15, 0.2) is 10.9 Å². The highest BCUT2D eigenvalue weighted by atomic mass is 35.5. The van der Waals surface area contributed by atoms with Crippen LogP contribution in [0.2, 0.25) is 15.1 Å². The Balaban J connectivity index is 1.66. The molecule has 0 unspecified atom stereocenters. The van der Waals surface area contributed by atoms with Crippen molar-refractivity contribution < 1.29 is 4.79 Å². The number of nitrogens with one attached hydrogen (secondary N) is 1. The Kier molecular flexibility index (Phi) is 6.72. The van der Waals surface area contributed by atoms with Gasteiger partial charge in [-0.15, -0.1) is 5.10 Å². The van der Waals surface area contributed by atoms with E-state index in [1.54, 1.807) is 65.6 Å². The molecule has 1 amide bonds. The van der Waals surface area contributed by atoms with Gasteiger partial charge >= 0.3 is 0 Å². The van der Waals surface area contributed by atoms with E-state index < -0.39 is 5.91 Å². The molecule has 0 fully saturated rings. The van der Waals surface area contributed by atoms with E-state index in [0.29, 0.717) is 37.4 Å². The Morgan fingerprint density at radius 1 is 1.00 bits per heavy atom. The number of benzene rings is 2. The number of halogens is 3. The van der Waals surface area contributed by atoms with Crippen LogP contribution in [-0.4, -0.2) is 30.9 Å². The molecule has 1 N–H and O–H groups in total. The number of nitrogens with zero attached hydrogens (tertiary/aromatic N) is 5. The summed E-state index contributed by atoms with van der Waals surface area (Å²) in [4.78, 5) is 21.4. The van der Waals surface area contributed by atoms with Crippen molar-refractivity contribution in [3.8, 4) is 5.69 Å². The lowest BCUT2D eigenvalue weighted by Crippen LogP contribution is -2.15. The van der Waals surface area contributed by atoms with E-state index in [2.05, 4.69) is 25.6 Å². The fourth-order valence-corrected chi connectivity index (χ4v) is 3.87. The Bertz CT molecular complexity index is 1220. The number of aromatic nitrogens is 5. The molecular weight excluding hydrogens is 479 g/mol. The van der Waals surface area contributed by atoms with Gasteiger partial charge in [-0.05, 0) is 48.5 Å². The molecule has 11 heteroatoms. The molecular formula is C20H13Cl3N6OS. The lowest BCUT2D eigenvalue weighted by Gasteiger charge is -2.09. The zero-order valence-electron chi connectivity index (χ0n) is 15.7. The normalized spacial score (nSPS) is 10.8. The molecule has 0 bridgehead atoms. The molecule has 2 aromatic carbocycles. The molecule has 0 atom stereocenters. The van der Waals surface area contributed by atoms with Crippen LogP contribution in [0.4, 0.5) is 5.69 Å². The fourth-order valence-electron chi connectivity index (χ4n) is 2.65. The molecule has 2 aromatic heterocycles. The van der Waals surface area contributed by atoms with E-state index in [0.717, 1.165) is 5.69 Å². The topological polar surface area (TPSA) is 85.6 Å². The molecule has 31 heavy (non-hydrogen) atoms. The van der Waals surface area contributed by atoms with Crippen LogP contribution in [0.25, 0.3) is 5.69 Å². The number of amides is 1. The van der Waals surface area contributed by atoms with Crippen molar-refractivity contribution in [2.24, 2.45) is 0 Å². The zero-order chi connectivity index (χ0) is 21.8. The number of carbonyl (C=O) groups is 1. The quantitative estimate of drug-likeness (QED) is 0.281. The van der Waals surface area contributed by atoms with Gasteiger partial charge in [0, 0.05) is 28.9 Å². The lowest BCUT2D eigenvalue weighted by molar-refractivity contribution is 0.102. The van der Waals surface area contributed by atoms with E-state index in [1.807, 2.05) is 0 Å². The minimum atomic E-state index is -0.428. The average molecular weight is 492 g/mol. The van der Waals surface area contributed by atoms with Crippen LogP contribution < -0.4 is 5.32 Å². The molecule has 7 nitrogen and oxygen atoms in total. The second-order valence-corrected chi connectivity index (χ2v) is 8.37. The predicted molar refractivity (Wildman–Crippen MR) is 122 cm³/mol. The van der Waals surface area contributed by atoms with E-state index in [4.69, 9.17) is 34.8 Å². The Morgan fingerprint density at radius 2 is 1.74 bits per heavy atom. The van der Waals surface area contributed by atoms with Crippen molar-refractivity contribution in [3.63, 3.8) is 0 Å². The maximum absolute atomic E-state index is 13.0. The largest absolute Gasteiger partial charge is 0.320 e. The first-order valence-electron chi connectivity index (χ1n) is 8.88. The number of hydrogen-bond donors (Lipinski definition) is 1. The first-order valence-corrected chi connectivity index (χ1v) is 11.0. The Labute approximate surface area is 196 Å². The third kappa shape index (κ3) is 5.16. The van der Waals surface area contributed by atoms with Gasteiger partial charge in [0.2, 0.25) is 0 Å². The summed E-state index contributed by atoms with van der Waals surface area (Å²) in [6.45, 7) is 0. The minimum Gasteiger partial charge on any atom is -0.320 e. The van der Waals surface area contributed by atoms with Gasteiger partial charge in [0.25, 0.3) is 5.91 Å². The molecule has 156 valence electrons. The average Bonchev–Trinajstić information content (AvgIpc) is 3.20. The highest BCUT2D eigenvalue weighted by Crippen LogP contribution is 2.27. The SMILES string of the molecule is O=C(Nc1ccc(Cl)c(Cl)c1)c1nnn(-c2ccc(Cl)cc2)c1CSc1ncccn1. The number of carbonyl (C=O) groups excluding carboxylic acids is 1. The lowest BCUT2D eigenvalue weighted by atomic mass is 10.2. The zero-order valence-corrected chi connectivity index (χ0v) is 18.8. The van der Waals surface area contributed by atoms with Crippen LogP contribution >= 0.6 is 46.6 Å². The van der Waals surface area contributed by atoms with Crippen LogP contribution in [0.3, 0.4) is 0 Å². The fraction of sp³-hybridized carbons (Fsp3) is 0.0500. The highest BCUT2D eigenvalue weighted by molar-refractivity contribution is 7.98. The third-order valence-electron chi connectivity index (χ3n) is 4.11. The van der Waals surface area contributed by atoms with Gasteiger partial charge in [-0.3, -0.25) is 4.79 Å². The highest BCUT2D eigenvalue weighted by Gasteiger charge is 2.22. The summed E-state index contributed by atoms with van der Waals surface area (Å²) in [6, 6.07) is 13.6. The van der Waals surface area contributed by atoms with Crippen molar-refractivity contribution in [3.05, 3.63) is 87.4 Å². The maximum Gasteiger partial charge on any atom is 0.278 e. The molecule has 0 spiro atoms. The van der Waals surface area contributed by atoms with E-state index in [-0.39, 0.29) is 5.69 Å². The summed E-state index contributed by atoms with van der Waals surface area (Å²) < 4.78 is 1.59. The molecule has 0 aliphatic carbocycles. The summed E-state index contributed by atoms with van der Waals surface area (Å²) in [5.41, 5.74) is 1.96. The molecule has 0 aliphatic rings. The molecule has 0 aliphatic heterocycles. The minimum absolute atomic E-state index is 0.171. The van der Waals surface area contributed by atoms with Crippen molar-refractivity contribution in [2.45, 2.75) is 10.9 Å². The summed E-state index contributed by atoms with van der Waals surface area (Å²) in [5.74, 6) is -0.0628. The van der Waals surface area contributed by atoms with Crippen molar-refractivity contribution in [1.82, 2.24) is 25.0 Å². The van der Waals surface area contributed by atoms with Crippen LogP contribution in [-0.2, 0) is 5.75 Å². The molecule has 2 heterocycles. The van der Waals surface area contributed by atoms with Gasteiger partial charge in [0.1, 0.15) is 0 Å². The second-order valence-electron chi connectivity index (χ2n) is 6.18. The van der Waals surface area contributed by atoms with E-state index >= 15 is 0 Å². The van der Waals surface area contributed by atoms with Crippen molar-refractivity contribution >= 4 is 58.2 Å². The predicted octanol–water partition coefficient (Wildman–Crippen LogP) is 5.56. The van der Waals surface area contributed by atoms with Gasteiger partial charge in [0.05, 0.1) is 21.4 Å². The number of anilines is 1. The Hall–Kier alpha value is -2.65. The van der Waals surface area contributed by atoms with Crippen LogP contribution in [0.1, 0.15) is 16.2 Å². The maximum atomic E-state index is 13.0. The third-order valence-corrected chi connectivity index (χ3v) is 5.98. The second kappa shape index (κ2) is 9.65. The summed E-state index contributed by atoms with van der Waals surface area (Å²) in [6.07, 6.45) is 3.31. The van der Waals surface area contributed by atoms with Crippen LogP contribution in [0.5, 0.6) is 0 Å². The number of rotatable bonds is 6. The molecule has 0 saturated heterocycles. The molecule has 4 aromatic rings. The number of thioether (sulfide) groups is 1. The first-order chi connectivity index (χ1) is 15.0. The van der Waals surface area contributed by atoms with Gasteiger partial charge in [-0.1, -0.05) is 51.8 Å². The summed E-state index contributed by atoms with van der Waals surface area (Å²) >= 11 is 19.4. The van der Waals surface area contributed by atoms with Crippen LogP contribution in [0.15, 0.2) is 66.1 Å². The van der Waals surface area contributed by atoms with Gasteiger partial charge < -0.3 is 5.32 Å². The first kappa shape index (κ1) is 21.6. The van der Waals surface area contributed by atoms with Gasteiger partial charge in [-0.2, -0.15) is 0 Å². The smallest absolute Gasteiger partial charge is 0.278 e. The monoisotopic (exact) mass is 490 g/mol. The molecule has 0 radical (unpaired) electrons. The molecule has 4 rings (SSSR count). The van der Waals surface area contributed by atoms with E-state index in [1.165, 1.54) is 11.8 Å². The molecule has 0 saturated carbocycles. The van der Waals surface area contributed by atoms with Crippen LogP contribution in [0, 0.1) is 0 Å². The Morgan fingerprint density at radius 3 is 2.45 bits per heavy atom. The standard InChI is InChI=1S/C20H13Cl3N6OS/c21-12-2-5-14(6-3-12)29-17(11-31-20-24-8-1-9-25-20)18(27-28-29)19(30)26-13-4-7-15(22)16(23)10-13/h1-10H,11H2,(H,26,30). The van der Waals surface area contributed by atoms with E-state index in [9.17, 15) is 4.79 Å².